The Labute approximate surface area is 155 Å². The first-order valence-corrected chi connectivity index (χ1v) is 8.59. The van der Waals surface area contributed by atoms with Crippen LogP contribution in [0.5, 0.6) is 0 Å². The van der Waals surface area contributed by atoms with Gasteiger partial charge in [0.2, 0.25) is 0 Å². The number of amides is 1. The summed E-state index contributed by atoms with van der Waals surface area (Å²) in [6.07, 6.45) is 1.46. The van der Waals surface area contributed by atoms with E-state index in [1.165, 1.54) is 18.3 Å². The van der Waals surface area contributed by atoms with Crippen LogP contribution in [0.4, 0.5) is 10.1 Å². The molecule has 0 aliphatic rings. The Kier molecular flexibility index (Phi) is 5.08. The highest BCUT2D eigenvalue weighted by atomic mass is 35.5. The molecule has 3 aromatic rings. The molecule has 0 bridgehead atoms. The van der Waals surface area contributed by atoms with E-state index in [-0.39, 0.29) is 11.7 Å². The van der Waals surface area contributed by atoms with E-state index in [1.54, 1.807) is 21.5 Å². The Morgan fingerprint density at radius 3 is 2.58 bits per heavy atom. The van der Waals surface area contributed by atoms with Gasteiger partial charge < -0.3 is 5.32 Å². The fraction of sp³-hybridized carbons (Fsp3) is 0.278. The zero-order chi connectivity index (χ0) is 18.8. The van der Waals surface area contributed by atoms with Gasteiger partial charge in [-0.25, -0.2) is 4.39 Å². The Hall–Kier alpha value is -2.67. The van der Waals surface area contributed by atoms with Crippen molar-refractivity contribution in [1.29, 1.82) is 0 Å². The minimum absolute atomic E-state index is 0.278. The van der Waals surface area contributed by atoms with E-state index in [1.807, 2.05) is 20.8 Å². The number of aryl methyl sites for hydroxylation is 2. The Bertz CT molecular complexity index is 945. The lowest BCUT2D eigenvalue weighted by atomic mass is 10.2. The molecule has 0 spiro atoms. The van der Waals surface area contributed by atoms with Gasteiger partial charge in [0, 0.05) is 6.54 Å². The molecule has 0 unspecified atom stereocenters. The molecule has 8 heteroatoms. The number of nitrogens with one attached hydrogen (secondary N) is 1. The van der Waals surface area contributed by atoms with Gasteiger partial charge in [0.15, 0.2) is 0 Å². The molecule has 26 heavy (non-hydrogen) atoms. The van der Waals surface area contributed by atoms with Crippen LogP contribution in [-0.4, -0.2) is 25.5 Å². The highest BCUT2D eigenvalue weighted by Crippen LogP contribution is 2.23. The molecule has 2 aromatic heterocycles. The molecule has 6 nitrogen and oxygen atoms in total. The molecule has 0 radical (unpaired) electrons. The predicted molar refractivity (Wildman–Crippen MR) is 98.1 cm³/mol. The molecular formula is C18H19ClFN5O. The van der Waals surface area contributed by atoms with Gasteiger partial charge in [0.05, 0.1) is 34.8 Å². The van der Waals surface area contributed by atoms with Crippen molar-refractivity contribution in [3.8, 4) is 0 Å². The second-order valence-corrected chi connectivity index (χ2v) is 6.35. The van der Waals surface area contributed by atoms with E-state index >= 15 is 0 Å². The second-order valence-electron chi connectivity index (χ2n) is 5.94. The molecule has 0 aliphatic heterocycles. The number of benzene rings is 1. The summed E-state index contributed by atoms with van der Waals surface area (Å²) < 4.78 is 16.4. The number of aromatic nitrogens is 4. The summed E-state index contributed by atoms with van der Waals surface area (Å²) in [4.78, 5) is 12.7. The first-order chi connectivity index (χ1) is 12.4. The molecule has 136 valence electrons. The average molecular weight is 376 g/mol. The van der Waals surface area contributed by atoms with Crippen LogP contribution in [0.3, 0.4) is 0 Å². The maximum atomic E-state index is 13.1. The zero-order valence-corrected chi connectivity index (χ0v) is 15.5. The van der Waals surface area contributed by atoms with Gasteiger partial charge in [0.25, 0.3) is 5.91 Å². The summed E-state index contributed by atoms with van der Waals surface area (Å²) in [6, 6.07) is 6.25. The van der Waals surface area contributed by atoms with Crippen molar-refractivity contribution in [2.24, 2.45) is 0 Å². The summed E-state index contributed by atoms with van der Waals surface area (Å²) in [5.74, 6) is -0.610. The summed E-state index contributed by atoms with van der Waals surface area (Å²) in [5, 5.41) is 11.8. The summed E-state index contributed by atoms with van der Waals surface area (Å²) >= 11 is 6.09. The van der Waals surface area contributed by atoms with E-state index < -0.39 is 0 Å². The Morgan fingerprint density at radius 1 is 1.23 bits per heavy atom. The SMILES string of the molecule is CCn1ncc(Cl)c1C(=O)Nc1c(C)nn(Cc2ccc(F)cc2)c1C. The summed E-state index contributed by atoms with van der Waals surface area (Å²) in [6.45, 7) is 6.60. The molecule has 0 saturated heterocycles. The fourth-order valence-electron chi connectivity index (χ4n) is 2.80. The van der Waals surface area contributed by atoms with E-state index in [0.717, 1.165) is 11.3 Å². The molecule has 0 aliphatic carbocycles. The molecule has 1 amide bonds. The van der Waals surface area contributed by atoms with Crippen molar-refractivity contribution in [2.75, 3.05) is 5.32 Å². The van der Waals surface area contributed by atoms with E-state index in [9.17, 15) is 9.18 Å². The number of nitrogens with zero attached hydrogens (tertiary/aromatic N) is 4. The van der Waals surface area contributed by atoms with Gasteiger partial charge in [-0.15, -0.1) is 0 Å². The number of rotatable bonds is 5. The molecule has 1 aromatic carbocycles. The van der Waals surface area contributed by atoms with Gasteiger partial charge in [-0.1, -0.05) is 23.7 Å². The predicted octanol–water partition coefficient (Wildman–Crippen LogP) is 3.81. The molecule has 0 fully saturated rings. The standard InChI is InChI=1S/C18H19ClFN5O/c1-4-24-17(15(19)9-21-24)18(26)22-16-11(2)23-25(12(16)3)10-13-5-7-14(20)8-6-13/h5-9H,4,10H2,1-3H3,(H,22,26). The van der Waals surface area contributed by atoms with Crippen LogP contribution in [-0.2, 0) is 13.1 Å². The smallest absolute Gasteiger partial charge is 0.275 e. The highest BCUT2D eigenvalue weighted by Gasteiger charge is 2.20. The van der Waals surface area contributed by atoms with Gasteiger partial charge in [-0.05, 0) is 38.5 Å². The minimum atomic E-state index is -0.332. The monoisotopic (exact) mass is 375 g/mol. The van der Waals surface area contributed by atoms with Gasteiger partial charge in [-0.3, -0.25) is 14.2 Å². The lowest BCUT2D eigenvalue weighted by Crippen LogP contribution is -2.18. The van der Waals surface area contributed by atoms with Crippen molar-refractivity contribution >= 4 is 23.2 Å². The molecule has 1 N–H and O–H groups in total. The number of hydrogen-bond acceptors (Lipinski definition) is 3. The molecule has 0 atom stereocenters. The lowest BCUT2D eigenvalue weighted by molar-refractivity contribution is 0.101. The van der Waals surface area contributed by atoms with Crippen molar-refractivity contribution in [3.05, 3.63) is 63.9 Å². The first kappa shape index (κ1) is 18.1. The lowest BCUT2D eigenvalue weighted by Gasteiger charge is -2.09. The molecule has 2 heterocycles. The summed E-state index contributed by atoms with van der Waals surface area (Å²) in [5.41, 5.74) is 3.37. The van der Waals surface area contributed by atoms with Crippen LogP contribution in [0.15, 0.2) is 30.5 Å². The van der Waals surface area contributed by atoms with E-state index in [2.05, 4.69) is 15.5 Å². The van der Waals surface area contributed by atoms with Crippen LogP contribution in [0.1, 0.15) is 34.4 Å². The van der Waals surface area contributed by atoms with Crippen molar-refractivity contribution in [2.45, 2.75) is 33.9 Å². The van der Waals surface area contributed by atoms with Crippen molar-refractivity contribution in [1.82, 2.24) is 19.6 Å². The Morgan fingerprint density at radius 2 is 1.92 bits per heavy atom. The van der Waals surface area contributed by atoms with Gasteiger partial charge in [0.1, 0.15) is 11.5 Å². The number of hydrogen-bond donors (Lipinski definition) is 1. The number of carbonyl (C=O) groups is 1. The molecule has 3 rings (SSSR count). The van der Waals surface area contributed by atoms with Crippen LogP contribution in [0.25, 0.3) is 0 Å². The quantitative estimate of drug-likeness (QED) is 0.737. The third kappa shape index (κ3) is 3.48. The molecule has 0 saturated carbocycles. The van der Waals surface area contributed by atoms with E-state index in [0.29, 0.717) is 35.2 Å². The zero-order valence-electron chi connectivity index (χ0n) is 14.8. The minimum Gasteiger partial charge on any atom is -0.317 e. The highest BCUT2D eigenvalue weighted by molar-refractivity contribution is 6.34. The van der Waals surface area contributed by atoms with Crippen LogP contribution in [0, 0.1) is 19.7 Å². The topological polar surface area (TPSA) is 64.7 Å². The molecular weight excluding hydrogens is 357 g/mol. The largest absolute Gasteiger partial charge is 0.317 e. The van der Waals surface area contributed by atoms with Gasteiger partial charge >= 0.3 is 0 Å². The van der Waals surface area contributed by atoms with E-state index in [4.69, 9.17) is 11.6 Å². The van der Waals surface area contributed by atoms with Gasteiger partial charge in [-0.2, -0.15) is 10.2 Å². The van der Waals surface area contributed by atoms with Crippen molar-refractivity contribution < 1.29 is 9.18 Å². The normalized spacial score (nSPS) is 11.0. The maximum Gasteiger partial charge on any atom is 0.275 e. The number of anilines is 1. The average Bonchev–Trinajstić information content (AvgIpc) is 3.11. The first-order valence-electron chi connectivity index (χ1n) is 8.21. The fourth-order valence-corrected chi connectivity index (χ4v) is 3.02. The Balaban J connectivity index is 1.85. The van der Waals surface area contributed by atoms with Crippen LogP contribution < -0.4 is 5.32 Å². The number of carbonyl (C=O) groups excluding carboxylic acids is 1. The van der Waals surface area contributed by atoms with Crippen molar-refractivity contribution in [3.63, 3.8) is 0 Å². The number of halogens is 2. The summed E-state index contributed by atoms with van der Waals surface area (Å²) in [7, 11) is 0. The second kappa shape index (κ2) is 7.29. The van der Waals surface area contributed by atoms with Crippen LogP contribution in [0.2, 0.25) is 5.02 Å². The maximum absolute atomic E-state index is 13.1. The third-order valence-corrected chi connectivity index (χ3v) is 4.45. The van der Waals surface area contributed by atoms with Crippen LogP contribution >= 0.6 is 11.6 Å². The third-order valence-electron chi connectivity index (χ3n) is 4.18.